The molecule has 0 aliphatic heterocycles. The fourth-order valence-electron chi connectivity index (χ4n) is 1.52. The summed E-state index contributed by atoms with van der Waals surface area (Å²) in [5.74, 6) is -2.36. The van der Waals surface area contributed by atoms with E-state index in [1.807, 2.05) is 0 Å². The normalized spacial score (nSPS) is 10.9. The second-order valence-electron chi connectivity index (χ2n) is 3.81. The van der Waals surface area contributed by atoms with E-state index in [1.165, 1.54) is 12.1 Å². The van der Waals surface area contributed by atoms with Crippen molar-refractivity contribution in [2.45, 2.75) is 9.79 Å². The lowest BCUT2D eigenvalue weighted by atomic mass is 10.3. The molecule has 0 spiro atoms. The first-order valence-electron chi connectivity index (χ1n) is 5.16. The predicted octanol–water partition coefficient (Wildman–Crippen LogP) is 2.98. The number of hydrogen-bond acceptors (Lipinski definition) is 5. The largest absolute Gasteiger partial charge is 0.504 e. The molecule has 0 amide bonds. The van der Waals surface area contributed by atoms with Crippen LogP contribution in [0, 0.1) is 0 Å². The first kappa shape index (κ1) is 14.8. The number of benzene rings is 2. The summed E-state index contributed by atoms with van der Waals surface area (Å²) in [6.07, 6.45) is 0. The van der Waals surface area contributed by atoms with Crippen molar-refractivity contribution in [3.05, 3.63) is 34.3 Å². The molecule has 0 radical (unpaired) electrons. The van der Waals surface area contributed by atoms with Crippen LogP contribution < -0.4 is 0 Å². The van der Waals surface area contributed by atoms with Gasteiger partial charge in [-0.25, -0.2) is 4.21 Å². The smallest absolute Gasteiger partial charge is 0.174 e. The van der Waals surface area contributed by atoms with Gasteiger partial charge in [-0.3, -0.25) is 0 Å². The summed E-state index contributed by atoms with van der Waals surface area (Å²) in [5, 5.41) is 38.4. The molecule has 0 fully saturated rings. The van der Waals surface area contributed by atoms with E-state index >= 15 is 0 Å². The van der Waals surface area contributed by atoms with Crippen LogP contribution in [0.15, 0.2) is 34.1 Å². The van der Waals surface area contributed by atoms with Crippen LogP contribution in [0.4, 0.5) is 0 Å². The van der Waals surface area contributed by atoms with Crippen LogP contribution in [-0.4, -0.2) is 24.6 Å². The van der Waals surface area contributed by atoms with Crippen LogP contribution in [0.1, 0.15) is 0 Å². The number of aromatic hydroxyl groups is 4. The zero-order valence-corrected chi connectivity index (χ0v) is 12.0. The van der Waals surface area contributed by atoms with Crippen LogP contribution in [0.3, 0.4) is 0 Å². The van der Waals surface area contributed by atoms with E-state index < -0.39 is 33.8 Å². The maximum atomic E-state index is 12.3. The van der Waals surface area contributed by atoms with Gasteiger partial charge in [0.15, 0.2) is 23.0 Å². The van der Waals surface area contributed by atoms with Crippen molar-refractivity contribution in [1.29, 1.82) is 0 Å². The van der Waals surface area contributed by atoms with Crippen LogP contribution in [0.5, 0.6) is 23.0 Å². The minimum atomic E-state index is -2.10. The predicted molar refractivity (Wildman–Crippen MR) is 74.2 cm³/mol. The number of phenolic OH excluding ortho intramolecular Hbond substituents is 4. The van der Waals surface area contributed by atoms with Gasteiger partial charge in [0.1, 0.15) is 0 Å². The Morgan fingerprint density at radius 3 is 1.45 bits per heavy atom. The SMILES string of the molecule is O=S(c1cc(Cl)cc(O)c1O)c1cc(Cl)cc(O)c1O. The van der Waals surface area contributed by atoms with Crippen molar-refractivity contribution in [1.82, 2.24) is 0 Å². The molecule has 0 saturated carbocycles. The van der Waals surface area contributed by atoms with Gasteiger partial charge in [0, 0.05) is 22.2 Å². The molecule has 0 aromatic heterocycles. The molecule has 106 valence electrons. The average Bonchev–Trinajstić information content (AvgIpc) is 2.37. The summed E-state index contributed by atoms with van der Waals surface area (Å²) in [5.41, 5.74) is 0. The third-order valence-electron chi connectivity index (χ3n) is 2.44. The highest BCUT2D eigenvalue weighted by molar-refractivity contribution is 7.85. The first-order chi connectivity index (χ1) is 9.31. The Morgan fingerprint density at radius 1 is 0.750 bits per heavy atom. The van der Waals surface area contributed by atoms with Gasteiger partial charge in [-0.15, -0.1) is 0 Å². The Morgan fingerprint density at radius 2 is 1.10 bits per heavy atom. The van der Waals surface area contributed by atoms with E-state index in [0.717, 1.165) is 12.1 Å². The molecule has 0 atom stereocenters. The fraction of sp³-hybridized carbons (Fsp3) is 0. The Labute approximate surface area is 126 Å². The van der Waals surface area contributed by atoms with Gasteiger partial charge in [-0.1, -0.05) is 23.2 Å². The Kier molecular flexibility index (Phi) is 3.99. The van der Waals surface area contributed by atoms with Gasteiger partial charge in [0.25, 0.3) is 0 Å². The lowest BCUT2D eigenvalue weighted by Gasteiger charge is -2.10. The third kappa shape index (κ3) is 2.63. The van der Waals surface area contributed by atoms with Crippen LogP contribution >= 0.6 is 23.2 Å². The zero-order chi connectivity index (χ0) is 15.0. The summed E-state index contributed by atoms with van der Waals surface area (Å²) in [6.45, 7) is 0. The molecule has 0 heterocycles. The molecular formula is C12H8Cl2O5S. The van der Waals surface area contributed by atoms with Crippen molar-refractivity contribution in [2.24, 2.45) is 0 Å². The maximum absolute atomic E-state index is 12.3. The topological polar surface area (TPSA) is 98.0 Å². The van der Waals surface area contributed by atoms with E-state index in [1.54, 1.807) is 0 Å². The van der Waals surface area contributed by atoms with Crippen molar-refractivity contribution < 1.29 is 24.6 Å². The van der Waals surface area contributed by atoms with Crippen molar-refractivity contribution in [3.63, 3.8) is 0 Å². The lowest BCUT2D eigenvalue weighted by molar-refractivity contribution is 0.391. The van der Waals surface area contributed by atoms with Gasteiger partial charge in [0.2, 0.25) is 0 Å². The van der Waals surface area contributed by atoms with Gasteiger partial charge < -0.3 is 20.4 Å². The molecule has 4 N–H and O–H groups in total. The summed E-state index contributed by atoms with van der Waals surface area (Å²) < 4.78 is 12.3. The highest BCUT2D eigenvalue weighted by Gasteiger charge is 2.21. The second-order valence-corrected chi connectivity index (χ2v) is 6.10. The highest BCUT2D eigenvalue weighted by Crippen LogP contribution is 2.41. The Bertz CT molecular complexity index is 658. The number of rotatable bonds is 2. The molecule has 0 unspecified atom stereocenters. The van der Waals surface area contributed by atoms with E-state index in [9.17, 15) is 24.6 Å². The molecule has 2 rings (SSSR count). The molecule has 2 aromatic rings. The molecular weight excluding hydrogens is 327 g/mol. The molecule has 5 nitrogen and oxygen atoms in total. The zero-order valence-electron chi connectivity index (χ0n) is 9.67. The third-order valence-corrected chi connectivity index (χ3v) is 4.30. The molecule has 0 saturated heterocycles. The fourth-order valence-corrected chi connectivity index (χ4v) is 3.34. The lowest BCUT2D eigenvalue weighted by Crippen LogP contribution is -1.95. The molecule has 20 heavy (non-hydrogen) atoms. The Balaban J connectivity index is 2.64. The van der Waals surface area contributed by atoms with Crippen molar-refractivity contribution >= 4 is 34.0 Å². The standard InChI is InChI=1S/C12H8Cl2O5S/c13-5-1-7(15)11(17)9(3-5)20(19)10-4-6(14)2-8(16)12(10)18/h1-4,15-18H. The quantitative estimate of drug-likeness (QED) is 0.633. The minimum Gasteiger partial charge on any atom is -0.504 e. The maximum Gasteiger partial charge on any atom is 0.174 e. The monoisotopic (exact) mass is 334 g/mol. The van der Waals surface area contributed by atoms with Gasteiger partial charge in [-0.05, 0) is 12.1 Å². The van der Waals surface area contributed by atoms with Gasteiger partial charge in [-0.2, -0.15) is 0 Å². The molecule has 2 aromatic carbocycles. The van der Waals surface area contributed by atoms with Gasteiger partial charge in [0.05, 0.1) is 20.6 Å². The summed E-state index contributed by atoms with van der Waals surface area (Å²) in [4.78, 5) is -0.432. The van der Waals surface area contributed by atoms with E-state index in [4.69, 9.17) is 23.2 Å². The van der Waals surface area contributed by atoms with Crippen LogP contribution in [-0.2, 0) is 10.8 Å². The number of phenols is 4. The highest BCUT2D eigenvalue weighted by atomic mass is 35.5. The molecule has 0 aliphatic rings. The molecule has 0 bridgehead atoms. The van der Waals surface area contributed by atoms with E-state index in [0.29, 0.717) is 0 Å². The second kappa shape index (κ2) is 5.40. The minimum absolute atomic E-state index is 0.0504. The van der Waals surface area contributed by atoms with Gasteiger partial charge >= 0.3 is 0 Å². The van der Waals surface area contributed by atoms with Crippen molar-refractivity contribution in [3.8, 4) is 23.0 Å². The Hall–Kier alpha value is -1.63. The van der Waals surface area contributed by atoms with E-state index in [2.05, 4.69) is 0 Å². The molecule has 8 heteroatoms. The van der Waals surface area contributed by atoms with Crippen LogP contribution in [0.25, 0.3) is 0 Å². The summed E-state index contributed by atoms with van der Waals surface area (Å²) in [7, 11) is -2.10. The number of hydrogen-bond donors (Lipinski definition) is 4. The van der Waals surface area contributed by atoms with Crippen molar-refractivity contribution in [2.75, 3.05) is 0 Å². The number of halogens is 2. The average molecular weight is 335 g/mol. The summed E-state index contributed by atoms with van der Waals surface area (Å²) in [6, 6.07) is 4.49. The van der Waals surface area contributed by atoms with Crippen LogP contribution in [0.2, 0.25) is 10.0 Å². The van der Waals surface area contributed by atoms with E-state index in [-0.39, 0.29) is 19.8 Å². The first-order valence-corrected chi connectivity index (χ1v) is 7.06. The summed E-state index contributed by atoms with van der Waals surface area (Å²) >= 11 is 11.4. The molecule has 0 aliphatic carbocycles.